The zero-order valence-corrected chi connectivity index (χ0v) is 11.4. The summed E-state index contributed by atoms with van der Waals surface area (Å²) < 4.78 is 17.7. The van der Waals surface area contributed by atoms with Crippen molar-refractivity contribution in [2.75, 3.05) is 38.8 Å². The number of carboxylic acids is 1. The molecular formula is C13H17FN2O4. The molecule has 0 aliphatic rings. The Hall–Kier alpha value is -2.15. The molecule has 0 bridgehead atoms. The molecule has 1 aromatic carbocycles. The number of urea groups is 1. The van der Waals surface area contributed by atoms with Gasteiger partial charge in [-0.2, -0.15) is 0 Å². The second-order valence-corrected chi connectivity index (χ2v) is 4.13. The summed E-state index contributed by atoms with van der Waals surface area (Å²) in [4.78, 5) is 25.4. The fraction of sp³-hybridized carbons (Fsp3) is 0.385. The molecule has 6 nitrogen and oxygen atoms in total. The van der Waals surface area contributed by atoms with Crippen molar-refractivity contribution >= 4 is 17.7 Å². The number of hydrogen-bond donors (Lipinski definition) is 1. The highest BCUT2D eigenvalue weighted by Crippen LogP contribution is 2.14. The molecule has 110 valence electrons. The molecule has 0 aliphatic heterocycles. The van der Waals surface area contributed by atoms with E-state index in [4.69, 9.17) is 9.84 Å². The van der Waals surface area contributed by atoms with E-state index >= 15 is 0 Å². The Bertz CT molecular complexity index is 464. The number of nitrogens with zero attached hydrogens (tertiary/aromatic N) is 2. The summed E-state index contributed by atoms with van der Waals surface area (Å²) in [6.07, 6.45) is 0. The van der Waals surface area contributed by atoms with Gasteiger partial charge in [0.25, 0.3) is 0 Å². The van der Waals surface area contributed by atoms with Gasteiger partial charge in [0.1, 0.15) is 12.4 Å². The van der Waals surface area contributed by atoms with Gasteiger partial charge in [-0.05, 0) is 24.3 Å². The zero-order valence-electron chi connectivity index (χ0n) is 11.4. The first-order valence-electron chi connectivity index (χ1n) is 5.94. The van der Waals surface area contributed by atoms with E-state index in [1.807, 2.05) is 0 Å². The molecular weight excluding hydrogens is 267 g/mol. The highest BCUT2D eigenvalue weighted by molar-refractivity contribution is 5.93. The number of amides is 2. The molecule has 0 saturated heterocycles. The third-order valence-corrected chi connectivity index (χ3v) is 2.66. The van der Waals surface area contributed by atoms with E-state index in [2.05, 4.69) is 0 Å². The fourth-order valence-corrected chi connectivity index (χ4v) is 1.59. The van der Waals surface area contributed by atoms with Crippen LogP contribution in [-0.2, 0) is 9.53 Å². The van der Waals surface area contributed by atoms with Crippen LogP contribution in [0.1, 0.15) is 0 Å². The molecule has 20 heavy (non-hydrogen) atoms. The van der Waals surface area contributed by atoms with Crippen molar-refractivity contribution in [3.8, 4) is 0 Å². The van der Waals surface area contributed by atoms with Gasteiger partial charge in [0.2, 0.25) is 0 Å². The van der Waals surface area contributed by atoms with Gasteiger partial charge in [0.05, 0.1) is 6.61 Å². The van der Waals surface area contributed by atoms with E-state index in [1.54, 1.807) is 0 Å². The Labute approximate surface area is 116 Å². The SMILES string of the molecule is COCCN(CC(=O)O)C(=O)N(C)c1ccc(F)cc1. The van der Waals surface area contributed by atoms with E-state index in [9.17, 15) is 14.0 Å². The first-order chi connectivity index (χ1) is 9.45. The average molecular weight is 284 g/mol. The number of carbonyl (C=O) groups is 2. The largest absolute Gasteiger partial charge is 0.480 e. The predicted octanol–water partition coefficient (Wildman–Crippen LogP) is 1.41. The van der Waals surface area contributed by atoms with Crippen LogP contribution in [0.5, 0.6) is 0 Å². The van der Waals surface area contributed by atoms with E-state index in [1.165, 1.54) is 43.3 Å². The average Bonchev–Trinajstić information content (AvgIpc) is 2.42. The van der Waals surface area contributed by atoms with E-state index in [-0.39, 0.29) is 13.2 Å². The molecule has 0 fully saturated rings. The number of rotatable bonds is 6. The fourth-order valence-electron chi connectivity index (χ4n) is 1.59. The van der Waals surface area contributed by atoms with E-state index < -0.39 is 24.4 Å². The normalized spacial score (nSPS) is 10.2. The summed E-state index contributed by atoms with van der Waals surface area (Å²) in [5.41, 5.74) is 0.476. The summed E-state index contributed by atoms with van der Waals surface area (Å²) in [7, 11) is 2.96. The number of hydrogen-bond acceptors (Lipinski definition) is 3. The van der Waals surface area contributed by atoms with Gasteiger partial charge in [0.15, 0.2) is 0 Å². The Kier molecular flexibility index (Phi) is 5.92. The van der Waals surface area contributed by atoms with Gasteiger partial charge in [-0.3, -0.25) is 9.69 Å². The van der Waals surface area contributed by atoms with Gasteiger partial charge in [0, 0.05) is 26.4 Å². The topological polar surface area (TPSA) is 70.1 Å². The van der Waals surface area contributed by atoms with Crippen LogP contribution in [0.4, 0.5) is 14.9 Å². The summed E-state index contributed by atoms with van der Waals surface area (Å²) >= 11 is 0. The maximum atomic E-state index is 12.8. The highest BCUT2D eigenvalue weighted by Gasteiger charge is 2.21. The third kappa shape index (κ3) is 4.51. The number of benzene rings is 1. The number of ether oxygens (including phenoxy) is 1. The van der Waals surface area contributed by atoms with Crippen molar-refractivity contribution < 1.29 is 23.8 Å². The Morgan fingerprint density at radius 1 is 1.30 bits per heavy atom. The lowest BCUT2D eigenvalue weighted by Gasteiger charge is -2.26. The van der Waals surface area contributed by atoms with Crippen LogP contribution < -0.4 is 4.90 Å². The predicted molar refractivity (Wildman–Crippen MR) is 71.3 cm³/mol. The number of carboxylic acid groups (broad SMARTS) is 1. The molecule has 0 radical (unpaired) electrons. The maximum absolute atomic E-state index is 12.8. The lowest BCUT2D eigenvalue weighted by molar-refractivity contribution is -0.137. The third-order valence-electron chi connectivity index (χ3n) is 2.66. The molecule has 0 heterocycles. The number of methoxy groups -OCH3 is 1. The van der Waals surface area contributed by atoms with Crippen LogP contribution in [0.25, 0.3) is 0 Å². The van der Waals surface area contributed by atoms with Crippen molar-refractivity contribution in [1.82, 2.24) is 4.90 Å². The molecule has 0 saturated carbocycles. The van der Waals surface area contributed by atoms with Crippen molar-refractivity contribution in [2.45, 2.75) is 0 Å². The first-order valence-corrected chi connectivity index (χ1v) is 5.94. The minimum absolute atomic E-state index is 0.160. The lowest BCUT2D eigenvalue weighted by Crippen LogP contribution is -2.45. The monoisotopic (exact) mass is 284 g/mol. The van der Waals surface area contributed by atoms with Gasteiger partial charge < -0.3 is 14.7 Å². The Morgan fingerprint density at radius 2 is 1.90 bits per heavy atom. The van der Waals surface area contributed by atoms with Crippen molar-refractivity contribution in [3.05, 3.63) is 30.1 Å². The summed E-state index contributed by atoms with van der Waals surface area (Å²) in [6.45, 7) is -0.0306. The number of anilines is 1. The zero-order chi connectivity index (χ0) is 15.1. The molecule has 7 heteroatoms. The molecule has 0 aromatic heterocycles. The molecule has 0 atom stereocenters. The van der Waals surface area contributed by atoms with Gasteiger partial charge in [-0.1, -0.05) is 0 Å². The van der Waals surface area contributed by atoms with Gasteiger partial charge in [-0.25, -0.2) is 9.18 Å². The molecule has 1 aromatic rings. The molecule has 1 rings (SSSR count). The lowest BCUT2D eigenvalue weighted by atomic mass is 10.3. The highest BCUT2D eigenvalue weighted by atomic mass is 19.1. The maximum Gasteiger partial charge on any atom is 0.324 e. The van der Waals surface area contributed by atoms with Crippen molar-refractivity contribution in [1.29, 1.82) is 0 Å². The second kappa shape index (κ2) is 7.44. The van der Waals surface area contributed by atoms with E-state index in [0.717, 1.165) is 4.90 Å². The van der Waals surface area contributed by atoms with Crippen LogP contribution in [0.15, 0.2) is 24.3 Å². The Balaban J connectivity index is 2.81. The van der Waals surface area contributed by atoms with Crippen LogP contribution in [-0.4, -0.2) is 55.9 Å². The number of aliphatic carboxylic acids is 1. The number of halogens is 1. The number of carbonyl (C=O) groups excluding carboxylic acids is 1. The quantitative estimate of drug-likeness (QED) is 0.857. The molecule has 2 amide bonds. The second-order valence-electron chi connectivity index (χ2n) is 4.13. The summed E-state index contributed by atoms with van der Waals surface area (Å²) in [5, 5.41) is 8.82. The first kappa shape index (κ1) is 15.9. The molecule has 0 spiro atoms. The van der Waals surface area contributed by atoms with Gasteiger partial charge >= 0.3 is 12.0 Å². The minimum atomic E-state index is -1.11. The molecule has 1 N–H and O–H groups in total. The smallest absolute Gasteiger partial charge is 0.324 e. The summed E-state index contributed by atoms with van der Waals surface area (Å²) in [6, 6.07) is 4.87. The van der Waals surface area contributed by atoms with Crippen molar-refractivity contribution in [3.63, 3.8) is 0 Å². The van der Waals surface area contributed by atoms with Gasteiger partial charge in [-0.15, -0.1) is 0 Å². The minimum Gasteiger partial charge on any atom is -0.480 e. The van der Waals surface area contributed by atoms with Crippen molar-refractivity contribution in [2.24, 2.45) is 0 Å². The molecule has 0 aliphatic carbocycles. The van der Waals surface area contributed by atoms with Crippen LogP contribution in [0, 0.1) is 5.82 Å². The van der Waals surface area contributed by atoms with E-state index in [0.29, 0.717) is 5.69 Å². The van der Waals surface area contributed by atoms with Crippen LogP contribution in [0.3, 0.4) is 0 Å². The molecule has 0 unspecified atom stereocenters. The van der Waals surface area contributed by atoms with Crippen LogP contribution >= 0.6 is 0 Å². The summed E-state index contributed by atoms with van der Waals surface area (Å²) in [5.74, 6) is -1.52. The Morgan fingerprint density at radius 3 is 2.40 bits per heavy atom. The van der Waals surface area contributed by atoms with Crippen LogP contribution in [0.2, 0.25) is 0 Å². The standard InChI is InChI=1S/C13H17FN2O4/c1-15(11-5-3-10(14)4-6-11)13(19)16(7-8-20-2)9-12(17)18/h3-6H,7-9H2,1-2H3,(H,17,18).